The van der Waals surface area contributed by atoms with Gasteiger partial charge in [-0.15, -0.1) is 0 Å². The van der Waals surface area contributed by atoms with Crippen LogP contribution in [0, 0.1) is 0 Å². The highest BCUT2D eigenvalue weighted by atomic mass is 28.4. The fourth-order valence-corrected chi connectivity index (χ4v) is 3.21. The Kier molecular flexibility index (Phi) is 6.64. The predicted molar refractivity (Wildman–Crippen MR) is 98.5 cm³/mol. The highest BCUT2D eigenvalue weighted by Crippen LogP contribution is 2.37. The quantitative estimate of drug-likeness (QED) is 0.788. The number of nitrogens with one attached hydrogen (secondary N) is 1. The molecule has 1 heterocycles. The molecular formula is C17H33N3O3Si. The lowest BCUT2D eigenvalue weighted by Crippen LogP contribution is -2.48. The number of ether oxygens (including phenoxy) is 1. The lowest BCUT2D eigenvalue weighted by atomic mass is 10.2. The SMILES string of the molecule is CC(C)(C)OC(=O)NC[C@@H](Cn1cccn1)O[Si](C)(C)C(C)(C)C. The molecule has 0 spiro atoms. The standard InChI is InChI=1S/C17H33N3O3Si/c1-16(2,3)22-15(21)18-12-14(13-20-11-9-10-19-20)23-24(7,8)17(4,5)6/h9-11,14H,12-13H2,1-8H3,(H,18,21)/t14-/m0/s1. The third kappa shape index (κ3) is 7.05. The Morgan fingerprint density at radius 1 is 1.25 bits per heavy atom. The van der Waals surface area contributed by atoms with Crippen LogP contribution < -0.4 is 5.32 Å². The van der Waals surface area contributed by atoms with Crippen molar-refractivity contribution in [2.45, 2.75) is 77.9 Å². The maximum atomic E-state index is 11.9. The van der Waals surface area contributed by atoms with E-state index >= 15 is 0 Å². The summed E-state index contributed by atoms with van der Waals surface area (Å²) in [5.41, 5.74) is -0.512. The Balaban J connectivity index is 2.73. The Bertz CT molecular complexity index is 516. The van der Waals surface area contributed by atoms with Gasteiger partial charge in [-0.3, -0.25) is 4.68 Å². The smallest absolute Gasteiger partial charge is 0.407 e. The van der Waals surface area contributed by atoms with Crippen molar-refractivity contribution >= 4 is 14.4 Å². The summed E-state index contributed by atoms with van der Waals surface area (Å²) in [4.78, 5) is 11.9. The summed E-state index contributed by atoms with van der Waals surface area (Å²) in [5, 5.41) is 7.16. The number of rotatable bonds is 6. The zero-order valence-electron chi connectivity index (χ0n) is 16.3. The second-order valence-electron chi connectivity index (χ2n) is 8.61. The monoisotopic (exact) mass is 355 g/mol. The predicted octanol–water partition coefficient (Wildman–Crippen LogP) is 3.80. The maximum absolute atomic E-state index is 11.9. The van der Waals surface area contributed by atoms with Gasteiger partial charge in [-0.25, -0.2) is 4.79 Å². The molecule has 6 nitrogen and oxygen atoms in total. The van der Waals surface area contributed by atoms with Crippen LogP contribution >= 0.6 is 0 Å². The molecule has 138 valence electrons. The van der Waals surface area contributed by atoms with Crippen molar-refractivity contribution in [3.63, 3.8) is 0 Å². The molecule has 7 heteroatoms. The fraction of sp³-hybridized carbons (Fsp3) is 0.765. The third-order valence-corrected chi connectivity index (χ3v) is 8.63. The zero-order valence-corrected chi connectivity index (χ0v) is 17.3. The topological polar surface area (TPSA) is 65.4 Å². The molecule has 0 unspecified atom stereocenters. The maximum Gasteiger partial charge on any atom is 0.407 e. The molecule has 0 aliphatic heterocycles. The van der Waals surface area contributed by atoms with Gasteiger partial charge in [0.2, 0.25) is 0 Å². The van der Waals surface area contributed by atoms with Crippen molar-refractivity contribution in [1.82, 2.24) is 15.1 Å². The summed E-state index contributed by atoms with van der Waals surface area (Å²) in [5.74, 6) is 0. The van der Waals surface area contributed by atoms with Crippen molar-refractivity contribution in [3.05, 3.63) is 18.5 Å². The highest BCUT2D eigenvalue weighted by molar-refractivity contribution is 6.74. The number of nitrogens with zero attached hydrogens (tertiary/aromatic N) is 2. The molecule has 1 aromatic heterocycles. The fourth-order valence-electron chi connectivity index (χ4n) is 1.87. The molecule has 1 N–H and O–H groups in total. The third-order valence-electron chi connectivity index (χ3n) is 4.09. The highest BCUT2D eigenvalue weighted by Gasteiger charge is 2.39. The van der Waals surface area contributed by atoms with Crippen molar-refractivity contribution in [1.29, 1.82) is 0 Å². The van der Waals surface area contributed by atoms with E-state index in [1.54, 1.807) is 6.20 Å². The number of alkyl carbamates (subject to hydrolysis) is 1. The molecule has 24 heavy (non-hydrogen) atoms. The minimum Gasteiger partial charge on any atom is -0.444 e. The number of carbonyl (C=O) groups excluding carboxylic acids is 1. The molecule has 1 atom stereocenters. The molecule has 1 rings (SSSR count). The van der Waals surface area contributed by atoms with Gasteiger partial charge in [0.05, 0.1) is 12.6 Å². The Morgan fingerprint density at radius 3 is 2.33 bits per heavy atom. The van der Waals surface area contributed by atoms with Gasteiger partial charge in [0.15, 0.2) is 8.32 Å². The molecule has 0 radical (unpaired) electrons. The van der Waals surface area contributed by atoms with Crippen molar-refractivity contribution in [2.24, 2.45) is 0 Å². The van der Waals surface area contributed by atoms with Gasteiger partial charge in [-0.2, -0.15) is 5.10 Å². The van der Waals surface area contributed by atoms with Gasteiger partial charge in [0, 0.05) is 18.9 Å². The van der Waals surface area contributed by atoms with Crippen molar-refractivity contribution in [2.75, 3.05) is 6.54 Å². The first-order valence-corrected chi connectivity index (χ1v) is 11.3. The summed E-state index contributed by atoms with van der Waals surface area (Å²) in [7, 11) is -1.95. The molecule has 0 saturated heterocycles. The molecule has 0 bridgehead atoms. The summed E-state index contributed by atoms with van der Waals surface area (Å²) in [6.07, 6.45) is 3.06. The molecule has 0 saturated carbocycles. The number of carbonyl (C=O) groups is 1. The van der Waals surface area contributed by atoms with E-state index in [1.165, 1.54) is 0 Å². The van der Waals surface area contributed by atoms with E-state index in [9.17, 15) is 4.79 Å². The number of amides is 1. The van der Waals surface area contributed by atoms with Crippen LogP contribution in [0.5, 0.6) is 0 Å². The van der Waals surface area contributed by atoms with Gasteiger partial charge >= 0.3 is 6.09 Å². The first-order valence-electron chi connectivity index (χ1n) is 8.42. The van der Waals surface area contributed by atoms with E-state index in [4.69, 9.17) is 9.16 Å². The van der Waals surface area contributed by atoms with E-state index in [2.05, 4.69) is 44.3 Å². The van der Waals surface area contributed by atoms with Gasteiger partial charge < -0.3 is 14.5 Å². The van der Waals surface area contributed by atoms with Crippen LogP contribution in [0.2, 0.25) is 18.1 Å². The first kappa shape index (κ1) is 20.7. The largest absolute Gasteiger partial charge is 0.444 e. The molecule has 0 aliphatic carbocycles. The molecule has 0 aliphatic rings. The van der Waals surface area contributed by atoms with E-state index in [-0.39, 0.29) is 11.1 Å². The zero-order chi connectivity index (χ0) is 18.6. The normalized spacial score (nSPS) is 14.3. The van der Waals surface area contributed by atoms with Gasteiger partial charge in [-0.05, 0) is 45.0 Å². The molecule has 1 aromatic rings. The van der Waals surface area contributed by atoms with Crippen LogP contribution in [-0.4, -0.2) is 42.4 Å². The average molecular weight is 356 g/mol. The van der Waals surface area contributed by atoms with Crippen LogP contribution in [0.4, 0.5) is 4.79 Å². The van der Waals surface area contributed by atoms with E-state index in [0.29, 0.717) is 13.1 Å². The van der Waals surface area contributed by atoms with Gasteiger partial charge in [0.25, 0.3) is 0 Å². The van der Waals surface area contributed by atoms with E-state index in [0.717, 1.165) is 0 Å². The molecule has 0 fully saturated rings. The number of hydrogen-bond donors (Lipinski definition) is 1. The molecular weight excluding hydrogens is 322 g/mol. The summed E-state index contributed by atoms with van der Waals surface area (Å²) >= 11 is 0. The number of aromatic nitrogens is 2. The lowest BCUT2D eigenvalue weighted by Gasteiger charge is -2.39. The Hall–Kier alpha value is -1.34. The second-order valence-corrected chi connectivity index (χ2v) is 13.4. The van der Waals surface area contributed by atoms with Gasteiger partial charge in [0.1, 0.15) is 5.60 Å². The minimum atomic E-state index is -1.95. The Labute approximate surface area is 147 Å². The van der Waals surface area contributed by atoms with Crippen LogP contribution in [0.1, 0.15) is 41.5 Å². The van der Waals surface area contributed by atoms with Crippen molar-refractivity contribution < 1.29 is 14.0 Å². The van der Waals surface area contributed by atoms with Crippen LogP contribution in [0.25, 0.3) is 0 Å². The Morgan fingerprint density at radius 2 is 1.88 bits per heavy atom. The minimum absolute atomic E-state index is 0.0985. The molecule has 0 aromatic carbocycles. The summed E-state index contributed by atoms with van der Waals surface area (Å²) in [6, 6.07) is 1.88. The van der Waals surface area contributed by atoms with E-state index in [1.807, 2.05) is 37.7 Å². The van der Waals surface area contributed by atoms with Gasteiger partial charge in [-0.1, -0.05) is 20.8 Å². The van der Waals surface area contributed by atoms with Crippen LogP contribution in [-0.2, 0) is 15.7 Å². The first-order chi connectivity index (χ1) is 10.8. The average Bonchev–Trinajstić information content (AvgIpc) is 2.85. The van der Waals surface area contributed by atoms with Crippen LogP contribution in [0.3, 0.4) is 0 Å². The summed E-state index contributed by atoms with van der Waals surface area (Å²) < 4.78 is 13.6. The molecule has 1 amide bonds. The number of hydrogen-bond acceptors (Lipinski definition) is 4. The van der Waals surface area contributed by atoms with Crippen LogP contribution in [0.15, 0.2) is 18.5 Å². The second kappa shape index (κ2) is 7.69. The van der Waals surface area contributed by atoms with E-state index < -0.39 is 20.0 Å². The lowest BCUT2D eigenvalue weighted by molar-refractivity contribution is 0.0488. The van der Waals surface area contributed by atoms with Crippen molar-refractivity contribution in [3.8, 4) is 0 Å². The summed E-state index contributed by atoms with van der Waals surface area (Å²) in [6.45, 7) is 17.5.